The van der Waals surface area contributed by atoms with Crippen molar-refractivity contribution in [3.63, 3.8) is 0 Å². The van der Waals surface area contributed by atoms with Gasteiger partial charge in [-0.25, -0.2) is 19.4 Å². The standard InChI is InChI=1S/C10H8F3O3S.Li/c1-7-2-4-8(5-3-7)17(14,15)16-6-9(11)10(12)13;/h2-5,10H,1H3;/q-1;+1. The Morgan fingerprint density at radius 3 is 2.22 bits per heavy atom. The number of rotatable bonds is 4. The smallest absolute Gasteiger partial charge is 0.587 e. The predicted molar refractivity (Wildman–Crippen MR) is 53.3 cm³/mol. The molecule has 0 saturated heterocycles. The molecule has 1 aromatic carbocycles. The second-order valence-electron chi connectivity index (χ2n) is 3.10. The van der Waals surface area contributed by atoms with Gasteiger partial charge in [0.15, 0.2) is 0 Å². The normalized spacial score (nSPS) is 12.2. The minimum Gasteiger partial charge on any atom is -0.587 e. The number of allylic oxidation sites excluding steroid dienone is 1. The van der Waals surface area contributed by atoms with E-state index in [0.717, 1.165) is 11.8 Å². The van der Waals surface area contributed by atoms with E-state index in [9.17, 15) is 21.6 Å². The number of aryl methyl sites for hydroxylation is 1. The molecule has 0 aromatic heterocycles. The molecule has 0 fully saturated rings. The van der Waals surface area contributed by atoms with Gasteiger partial charge >= 0.3 is 29.0 Å². The molecule has 0 radical (unpaired) electrons. The summed E-state index contributed by atoms with van der Waals surface area (Å²) in [5, 5.41) is 0. The van der Waals surface area contributed by atoms with Crippen LogP contribution in [0.2, 0.25) is 0 Å². The molecule has 0 heterocycles. The van der Waals surface area contributed by atoms with Gasteiger partial charge in [0.05, 0.1) is 0 Å². The van der Waals surface area contributed by atoms with E-state index in [-0.39, 0.29) is 23.8 Å². The third-order valence-electron chi connectivity index (χ3n) is 1.75. The number of hydrogen-bond acceptors (Lipinski definition) is 3. The molecule has 0 bridgehead atoms. The van der Waals surface area contributed by atoms with Crippen molar-refractivity contribution in [2.75, 3.05) is 0 Å². The first kappa shape index (κ1) is 17.1. The van der Waals surface area contributed by atoms with Crippen LogP contribution in [0.1, 0.15) is 5.56 Å². The van der Waals surface area contributed by atoms with Gasteiger partial charge in [0.25, 0.3) is 6.43 Å². The Morgan fingerprint density at radius 2 is 1.78 bits per heavy atom. The average Bonchev–Trinajstić information content (AvgIpc) is 2.26. The summed E-state index contributed by atoms with van der Waals surface area (Å²) in [4.78, 5) is -0.266. The van der Waals surface area contributed by atoms with Crippen LogP contribution in [-0.2, 0) is 14.3 Å². The van der Waals surface area contributed by atoms with Crippen LogP contribution in [0.3, 0.4) is 0 Å². The SMILES string of the molecule is Cc1ccc(S(=O)(=O)O[C-]=C(F)C(F)F)cc1.[Li+]. The second-order valence-corrected chi connectivity index (χ2v) is 4.65. The third kappa shape index (κ3) is 4.76. The molecule has 0 N–H and O–H groups in total. The molecule has 0 aliphatic carbocycles. The maximum Gasteiger partial charge on any atom is 1.00 e. The minimum absolute atomic E-state index is 0. The Balaban J connectivity index is 0.00000289. The first-order valence-corrected chi connectivity index (χ1v) is 5.80. The molecular formula is C10H8F3LiO3S. The molecule has 0 unspecified atom stereocenters. The van der Waals surface area contributed by atoms with Crippen molar-refractivity contribution < 1.29 is 44.6 Å². The van der Waals surface area contributed by atoms with Crippen LogP contribution >= 0.6 is 0 Å². The van der Waals surface area contributed by atoms with E-state index < -0.39 is 22.4 Å². The van der Waals surface area contributed by atoms with Crippen molar-refractivity contribution in [2.45, 2.75) is 18.2 Å². The zero-order chi connectivity index (χ0) is 13.1. The summed E-state index contributed by atoms with van der Waals surface area (Å²) in [6.07, 6.45) is -2.41. The van der Waals surface area contributed by atoms with Gasteiger partial charge < -0.3 is 4.18 Å². The summed E-state index contributed by atoms with van der Waals surface area (Å²) < 4.78 is 62.4. The van der Waals surface area contributed by atoms with Gasteiger partial charge in [0.1, 0.15) is 4.90 Å². The van der Waals surface area contributed by atoms with E-state index in [1.54, 1.807) is 6.92 Å². The van der Waals surface area contributed by atoms with Crippen molar-refractivity contribution in [1.29, 1.82) is 0 Å². The molecular weight excluding hydrogens is 264 g/mol. The molecule has 8 heteroatoms. The maximum atomic E-state index is 12.3. The molecule has 1 aromatic rings. The summed E-state index contributed by atoms with van der Waals surface area (Å²) in [6, 6.07) is 5.41. The summed E-state index contributed by atoms with van der Waals surface area (Å²) in [7, 11) is -4.31. The van der Waals surface area contributed by atoms with Crippen LogP contribution < -0.4 is 18.9 Å². The zero-order valence-electron chi connectivity index (χ0n) is 9.65. The second kappa shape index (κ2) is 6.88. The molecule has 0 amide bonds. The fraction of sp³-hybridized carbons (Fsp3) is 0.200. The first-order chi connectivity index (χ1) is 7.83. The molecule has 94 valence electrons. The van der Waals surface area contributed by atoms with Crippen LogP contribution in [0, 0.1) is 13.2 Å². The summed E-state index contributed by atoms with van der Waals surface area (Å²) in [5.74, 6) is -2.07. The van der Waals surface area contributed by atoms with Gasteiger partial charge in [-0.05, 0) is 19.1 Å². The van der Waals surface area contributed by atoms with Gasteiger partial charge in [-0.2, -0.15) is 8.42 Å². The Bertz CT molecular complexity index is 512. The number of halogens is 3. The quantitative estimate of drug-likeness (QED) is 0.324. The van der Waals surface area contributed by atoms with Crippen molar-refractivity contribution >= 4 is 10.1 Å². The fourth-order valence-electron chi connectivity index (χ4n) is 0.892. The van der Waals surface area contributed by atoms with E-state index in [0.29, 0.717) is 0 Å². The Labute approximate surface area is 115 Å². The van der Waals surface area contributed by atoms with Crippen molar-refractivity contribution in [3.8, 4) is 0 Å². The molecule has 1 rings (SSSR count). The Kier molecular flexibility index (Phi) is 6.53. The number of benzene rings is 1. The molecule has 0 atom stereocenters. The molecule has 18 heavy (non-hydrogen) atoms. The Morgan fingerprint density at radius 1 is 1.28 bits per heavy atom. The predicted octanol–water partition coefficient (Wildman–Crippen LogP) is -0.416. The number of hydrogen-bond donors (Lipinski definition) is 0. The van der Waals surface area contributed by atoms with Crippen molar-refractivity contribution in [2.24, 2.45) is 0 Å². The summed E-state index contributed by atoms with van der Waals surface area (Å²) >= 11 is 0. The maximum absolute atomic E-state index is 12.3. The fourth-order valence-corrected chi connectivity index (χ4v) is 1.65. The largest absolute Gasteiger partial charge is 1.00 e. The first-order valence-electron chi connectivity index (χ1n) is 4.39. The van der Waals surface area contributed by atoms with Gasteiger partial charge in [-0.15, -0.1) is 0 Å². The van der Waals surface area contributed by atoms with E-state index in [1.165, 1.54) is 24.3 Å². The topological polar surface area (TPSA) is 43.4 Å². The zero-order valence-corrected chi connectivity index (χ0v) is 10.5. The van der Waals surface area contributed by atoms with E-state index in [1.807, 2.05) is 0 Å². The van der Waals surface area contributed by atoms with Crippen LogP contribution in [0.4, 0.5) is 13.2 Å². The van der Waals surface area contributed by atoms with Crippen molar-refractivity contribution in [3.05, 3.63) is 41.9 Å². The monoisotopic (exact) mass is 272 g/mol. The molecule has 0 saturated carbocycles. The Hall–Kier alpha value is -0.903. The van der Waals surface area contributed by atoms with Gasteiger partial charge in [0.2, 0.25) is 0 Å². The number of alkyl halides is 2. The van der Waals surface area contributed by atoms with Crippen molar-refractivity contribution in [1.82, 2.24) is 0 Å². The molecule has 0 aliphatic heterocycles. The third-order valence-corrected chi connectivity index (χ3v) is 2.90. The van der Waals surface area contributed by atoms with E-state index >= 15 is 0 Å². The van der Waals surface area contributed by atoms with Gasteiger partial charge in [-0.3, -0.25) is 0 Å². The van der Waals surface area contributed by atoms with E-state index in [4.69, 9.17) is 0 Å². The molecule has 0 aliphatic rings. The summed E-state index contributed by atoms with van der Waals surface area (Å²) in [5.41, 5.74) is 0.808. The molecule has 0 spiro atoms. The van der Waals surface area contributed by atoms with Crippen LogP contribution in [0.15, 0.2) is 35.0 Å². The average molecular weight is 272 g/mol. The van der Waals surface area contributed by atoms with Gasteiger partial charge in [-0.1, -0.05) is 17.7 Å². The minimum atomic E-state index is -4.31. The molecule has 3 nitrogen and oxygen atoms in total. The van der Waals surface area contributed by atoms with Crippen LogP contribution in [-0.4, -0.2) is 14.8 Å². The van der Waals surface area contributed by atoms with Gasteiger partial charge in [0, 0.05) is 5.83 Å². The van der Waals surface area contributed by atoms with E-state index in [2.05, 4.69) is 4.18 Å². The van der Waals surface area contributed by atoms with Crippen LogP contribution in [0.5, 0.6) is 0 Å². The summed E-state index contributed by atoms with van der Waals surface area (Å²) in [6.45, 7) is 1.74. The van der Waals surface area contributed by atoms with Crippen LogP contribution in [0.25, 0.3) is 0 Å².